The van der Waals surface area contributed by atoms with Crippen LogP contribution >= 0.6 is 15.9 Å². The molecule has 1 aromatic carbocycles. The highest BCUT2D eigenvalue weighted by atomic mass is 79.9. The molecule has 3 heteroatoms. The molecule has 0 aromatic heterocycles. The summed E-state index contributed by atoms with van der Waals surface area (Å²) in [6.07, 6.45) is 2.65. The van der Waals surface area contributed by atoms with E-state index in [1.54, 1.807) is 0 Å². The van der Waals surface area contributed by atoms with E-state index in [1.807, 2.05) is 0 Å². The molecule has 0 radical (unpaired) electrons. The molecule has 0 spiro atoms. The first-order valence-corrected chi connectivity index (χ1v) is 7.61. The quantitative estimate of drug-likeness (QED) is 0.926. The minimum atomic E-state index is 0.375. The maximum atomic E-state index is 6.02. The van der Waals surface area contributed by atoms with Gasteiger partial charge in [-0.25, -0.2) is 0 Å². The first-order valence-electron chi connectivity index (χ1n) is 6.82. The Morgan fingerprint density at radius 2 is 2.28 bits per heavy atom. The lowest BCUT2D eigenvalue weighted by molar-refractivity contribution is 0.133. The monoisotopic (exact) mass is 310 g/mol. The summed E-state index contributed by atoms with van der Waals surface area (Å²) in [4.78, 5) is 2.55. The van der Waals surface area contributed by atoms with E-state index >= 15 is 0 Å². The van der Waals surface area contributed by atoms with Gasteiger partial charge in [0.1, 0.15) is 0 Å². The zero-order valence-corrected chi connectivity index (χ0v) is 12.9. The van der Waals surface area contributed by atoms with E-state index in [-0.39, 0.29) is 0 Å². The fraction of sp³-hybridized carbons (Fsp3) is 0.600. The molecule has 18 heavy (non-hydrogen) atoms. The number of halogens is 1. The number of nitrogens with zero attached hydrogens (tertiary/aromatic N) is 1. The van der Waals surface area contributed by atoms with E-state index in [0.29, 0.717) is 12.6 Å². The van der Waals surface area contributed by atoms with Crippen molar-refractivity contribution in [2.75, 3.05) is 19.6 Å². The average Bonchev–Trinajstić information content (AvgIpc) is 2.35. The molecule has 2 nitrogen and oxygen atoms in total. The molecule has 0 bridgehead atoms. The van der Waals surface area contributed by atoms with Gasteiger partial charge >= 0.3 is 0 Å². The van der Waals surface area contributed by atoms with E-state index in [2.05, 4.69) is 52.9 Å². The van der Waals surface area contributed by atoms with Gasteiger partial charge in [0.05, 0.1) is 0 Å². The summed E-state index contributed by atoms with van der Waals surface area (Å²) >= 11 is 3.56. The Bertz CT molecular complexity index is 405. The van der Waals surface area contributed by atoms with Crippen molar-refractivity contribution in [2.45, 2.75) is 32.7 Å². The fourth-order valence-corrected chi connectivity index (χ4v) is 3.13. The number of hydrogen-bond donors (Lipinski definition) is 1. The summed E-state index contributed by atoms with van der Waals surface area (Å²) in [5, 5.41) is 0. The van der Waals surface area contributed by atoms with Crippen LogP contribution in [0.3, 0.4) is 0 Å². The molecule has 2 atom stereocenters. The fourth-order valence-electron chi connectivity index (χ4n) is 2.88. The topological polar surface area (TPSA) is 29.3 Å². The van der Waals surface area contributed by atoms with Crippen molar-refractivity contribution in [1.29, 1.82) is 0 Å². The number of piperidine rings is 1. The van der Waals surface area contributed by atoms with Crippen molar-refractivity contribution in [3.8, 4) is 0 Å². The summed E-state index contributed by atoms with van der Waals surface area (Å²) in [6.45, 7) is 7.54. The molecule has 1 aliphatic heterocycles. The van der Waals surface area contributed by atoms with Crippen LogP contribution in [0.4, 0.5) is 0 Å². The number of hydrogen-bond acceptors (Lipinski definition) is 2. The average molecular weight is 311 g/mol. The Balaban J connectivity index is 2.18. The first-order chi connectivity index (χ1) is 8.61. The number of benzene rings is 1. The van der Waals surface area contributed by atoms with E-state index in [1.165, 1.54) is 41.5 Å². The van der Waals surface area contributed by atoms with Crippen LogP contribution in [0.1, 0.15) is 36.9 Å². The molecule has 1 aliphatic rings. The number of rotatable bonds is 3. The van der Waals surface area contributed by atoms with E-state index in [9.17, 15) is 0 Å². The maximum Gasteiger partial charge on any atom is 0.0470 e. The highest BCUT2D eigenvalue weighted by Gasteiger charge is 2.24. The summed E-state index contributed by atoms with van der Waals surface area (Å²) in [6, 6.07) is 6.98. The van der Waals surface area contributed by atoms with Crippen molar-refractivity contribution < 1.29 is 0 Å². The second-order valence-corrected chi connectivity index (χ2v) is 6.36. The molecular weight excluding hydrogens is 288 g/mol. The maximum absolute atomic E-state index is 6.02. The predicted molar refractivity (Wildman–Crippen MR) is 80.6 cm³/mol. The van der Waals surface area contributed by atoms with Crippen LogP contribution < -0.4 is 5.73 Å². The van der Waals surface area contributed by atoms with Crippen LogP contribution in [0, 0.1) is 12.8 Å². The third-order valence-electron chi connectivity index (χ3n) is 3.92. The normalized spacial score (nSPS) is 23.0. The van der Waals surface area contributed by atoms with Gasteiger partial charge in [-0.15, -0.1) is 0 Å². The smallest absolute Gasteiger partial charge is 0.0470 e. The number of likely N-dealkylation sites (tertiary alicyclic amines) is 1. The van der Waals surface area contributed by atoms with Gasteiger partial charge in [0.2, 0.25) is 0 Å². The number of aryl methyl sites for hydroxylation is 1. The van der Waals surface area contributed by atoms with Gasteiger partial charge < -0.3 is 5.73 Å². The van der Waals surface area contributed by atoms with Gasteiger partial charge in [-0.1, -0.05) is 35.0 Å². The van der Waals surface area contributed by atoms with E-state index < -0.39 is 0 Å². The predicted octanol–water partition coefficient (Wildman–Crippen LogP) is 3.49. The Kier molecular flexibility index (Phi) is 4.82. The van der Waals surface area contributed by atoms with Crippen LogP contribution in [-0.4, -0.2) is 24.5 Å². The SMILES string of the molecule is Cc1cc(C(CN)N2CCCC(C)C2)ccc1Br. The molecule has 2 rings (SSSR count). The van der Waals surface area contributed by atoms with Crippen LogP contribution in [-0.2, 0) is 0 Å². The zero-order valence-electron chi connectivity index (χ0n) is 11.3. The standard InChI is InChI=1S/C15H23BrN2/c1-11-4-3-7-18(10-11)15(9-17)13-5-6-14(16)12(2)8-13/h5-6,8,11,15H,3-4,7,9-10,17H2,1-2H3. The zero-order chi connectivity index (χ0) is 13.1. The lowest BCUT2D eigenvalue weighted by Gasteiger charge is -2.37. The van der Waals surface area contributed by atoms with E-state index in [0.717, 1.165) is 5.92 Å². The lowest BCUT2D eigenvalue weighted by atomic mass is 9.95. The van der Waals surface area contributed by atoms with Crippen molar-refractivity contribution in [3.63, 3.8) is 0 Å². The lowest BCUT2D eigenvalue weighted by Crippen LogP contribution is -2.40. The minimum Gasteiger partial charge on any atom is -0.329 e. The van der Waals surface area contributed by atoms with Crippen LogP contribution in [0.2, 0.25) is 0 Å². The molecule has 1 fully saturated rings. The number of nitrogens with two attached hydrogens (primary N) is 1. The largest absolute Gasteiger partial charge is 0.329 e. The Hall–Kier alpha value is -0.380. The van der Waals surface area contributed by atoms with Crippen molar-refractivity contribution in [1.82, 2.24) is 4.90 Å². The highest BCUT2D eigenvalue weighted by molar-refractivity contribution is 9.10. The third-order valence-corrected chi connectivity index (χ3v) is 4.81. The molecule has 0 aliphatic carbocycles. The van der Waals surface area contributed by atoms with Gasteiger partial charge in [0.25, 0.3) is 0 Å². The molecular formula is C15H23BrN2. The molecule has 2 N–H and O–H groups in total. The van der Waals surface area contributed by atoms with Crippen LogP contribution in [0.5, 0.6) is 0 Å². The van der Waals surface area contributed by atoms with Crippen LogP contribution in [0.15, 0.2) is 22.7 Å². The van der Waals surface area contributed by atoms with Gasteiger partial charge in [0.15, 0.2) is 0 Å². The summed E-state index contributed by atoms with van der Waals surface area (Å²) < 4.78 is 1.18. The molecule has 1 aromatic rings. The highest BCUT2D eigenvalue weighted by Crippen LogP contribution is 2.28. The second kappa shape index (κ2) is 6.18. The summed E-state index contributed by atoms with van der Waals surface area (Å²) in [7, 11) is 0. The first kappa shape index (κ1) is 14.0. The Labute approximate surface area is 119 Å². The van der Waals surface area contributed by atoms with Gasteiger partial charge in [-0.2, -0.15) is 0 Å². The Morgan fingerprint density at radius 1 is 1.50 bits per heavy atom. The molecule has 2 unspecified atom stereocenters. The van der Waals surface area contributed by atoms with Gasteiger partial charge in [-0.3, -0.25) is 4.90 Å². The van der Waals surface area contributed by atoms with Crippen molar-refractivity contribution in [3.05, 3.63) is 33.8 Å². The second-order valence-electron chi connectivity index (χ2n) is 5.50. The van der Waals surface area contributed by atoms with Gasteiger partial charge in [-0.05, 0) is 49.4 Å². The minimum absolute atomic E-state index is 0.375. The summed E-state index contributed by atoms with van der Waals surface area (Å²) in [5.74, 6) is 0.796. The molecule has 0 saturated carbocycles. The molecule has 100 valence electrons. The molecule has 0 amide bonds. The molecule has 1 heterocycles. The van der Waals surface area contributed by atoms with Crippen molar-refractivity contribution >= 4 is 15.9 Å². The third kappa shape index (κ3) is 3.14. The van der Waals surface area contributed by atoms with Gasteiger partial charge in [0, 0.05) is 23.6 Å². The summed E-state index contributed by atoms with van der Waals surface area (Å²) in [5.41, 5.74) is 8.66. The van der Waals surface area contributed by atoms with Crippen LogP contribution in [0.25, 0.3) is 0 Å². The van der Waals surface area contributed by atoms with Crippen molar-refractivity contribution in [2.24, 2.45) is 11.7 Å². The molecule has 1 saturated heterocycles. The Morgan fingerprint density at radius 3 is 2.89 bits per heavy atom. The van der Waals surface area contributed by atoms with E-state index in [4.69, 9.17) is 5.73 Å².